The Morgan fingerprint density at radius 1 is 1.06 bits per heavy atom. The van der Waals surface area contributed by atoms with Gasteiger partial charge >= 0.3 is 0 Å². The Hall–Kier alpha value is -0.200. The van der Waals surface area contributed by atoms with E-state index in [1.54, 1.807) is 0 Å². The first-order chi connectivity index (χ1) is 8.61. The van der Waals surface area contributed by atoms with Gasteiger partial charge < -0.3 is 25.7 Å². The second-order valence-electron chi connectivity index (χ2n) is 5.23. The van der Waals surface area contributed by atoms with Crippen molar-refractivity contribution in [3.8, 4) is 0 Å². The molecule has 5 nitrogen and oxygen atoms in total. The van der Waals surface area contributed by atoms with E-state index < -0.39 is 30.4 Å². The summed E-state index contributed by atoms with van der Waals surface area (Å²) in [6.45, 7) is 1.92. The molecule has 1 fully saturated rings. The lowest BCUT2D eigenvalue weighted by Crippen LogP contribution is -2.44. The average molecular weight is 261 g/mol. The molecular weight excluding hydrogens is 234 g/mol. The average Bonchev–Trinajstić information content (AvgIpc) is 2.65. The molecule has 0 radical (unpaired) electrons. The SMILES string of the molecule is CCCCCCC[C@H](O)[C@H]1N[C@H](CO)[C@@H](O)[C@@H]1O. The van der Waals surface area contributed by atoms with Crippen LogP contribution >= 0.6 is 0 Å². The molecule has 0 saturated carbocycles. The molecule has 0 amide bonds. The van der Waals surface area contributed by atoms with Gasteiger partial charge in [-0.05, 0) is 6.42 Å². The molecule has 5 N–H and O–H groups in total. The number of unbranched alkanes of at least 4 members (excludes halogenated alkanes) is 4. The summed E-state index contributed by atoms with van der Waals surface area (Å²) in [5.74, 6) is 0. The minimum absolute atomic E-state index is 0.238. The van der Waals surface area contributed by atoms with Crippen LogP contribution in [0.25, 0.3) is 0 Å². The normalized spacial score (nSPS) is 33.8. The molecule has 0 aliphatic carbocycles. The first kappa shape index (κ1) is 15.9. The molecule has 1 saturated heterocycles. The molecule has 1 heterocycles. The lowest BCUT2D eigenvalue weighted by Gasteiger charge is -2.22. The van der Waals surface area contributed by atoms with E-state index in [-0.39, 0.29) is 6.61 Å². The Balaban J connectivity index is 2.27. The maximum atomic E-state index is 9.99. The first-order valence-electron chi connectivity index (χ1n) is 7.03. The van der Waals surface area contributed by atoms with Gasteiger partial charge in [0.05, 0.1) is 37.0 Å². The Labute approximate surface area is 109 Å². The molecule has 1 rings (SSSR count). The monoisotopic (exact) mass is 261 g/mol. The summed E-state index contributed by atoms with van der Waals surface area (Å²) in [4.78, 5) is 0. The summed E-state index contributed by atoms with van der Waals surface area (Å²) < 4.78 is 0. The van der Waals surface area contributed by atoms with E-state index in [1.165, 1.54) is 19.3 Å². The van der Waals surface area contributed by atoms with Gasteiger partial charge in [0, 0.05) is 0 Å². The summed E-state index contributed by atoms with van der Waals surface area (Å²) in [5.41, 5.74) is 0. The molecule has 108 valence electrons. The molecule has 0 aromatic rings. The van der Waals surface area contributed by atoms with Crippen molar-refractivity contribution in [3.63, 3.8) is 0 Å². The standard InChI is InChI=1S/C13H27NO4/c1-2-3-4-5-6-7-10(16)11-13(18)12(17)9(8-15)14-11/h9-18H,2-8H2,1H3/t9-,10+,11-,12-,13-/m1/s1. The van der Waals surface area contributed by atoms with Crippen molar-refractivity contribution >= 4 is 0 Å². The Morgan fingerprint density at radius 3 is 2.28 bits per heavy atom. The maximum absolute atomic E-state index is 9.99. The number of aliphatic hydroxyl groups is 4. The molecule has 0 bridgehead atoms. The Kier molecular flexibility index (Phi) is 7.11. The molecule has 0 aromatic heterocycles. The third-order valence-electron chi connectivity index (χ3n) is 3.75. The largest absolute Gasteiger partial charge is 0.395 e. The van der Waals surface area contributed by atoms with Gasteiger partial charge in [-0.1, -0.05) is 39.0 Å². The van der Waals surface area contributed by atoms with Crippen molar-refractivity contribution in [2.45, 2.75) is 75.8 Å². The van der Waals surface area contributed by atoms with Crippen LogP contribution in [0.15, 0.2) is 0 Å². The van der Waals surface area contributed by atoms with Crippen LogP contribution < -0.4 is 5.32 Å². The van der Waals surface area contributed by atoms with E-state index in [0.29, 0.717) is 6.42 Å². The van der Waals surface area contributed by atoms with Gasteiger partial charge in [0.2, 0.25) is 0 Å². The van der Waals surface area contributed by atoms with Crippen LogP contribution in [-0.4, -0.2) is 57.4 Å². The van der Waals surface area contributed by atoms with Crippen LogP contribution in [0.5, 0.6) is 0 Å². The van der Waals surface area contributed by atoms with E-state index in [9.17, 15) is 15.3 Å². The van der Waals surface area contributed by atoms with Gasteiger partial charge in [0.1, 0.15) is 0 Å². The third kappa shape index (κ3) is 4.17. The third-order valence-corrected chi connectivity index (χ3v) is 3.75. The molecular formula is C13H27NO4. The Bertz CT molecular complexity index is 227. The highest BCUT2D eigenvalue weighted by atomic mass is 16.3. The zero-order valence-electron chi connectivity index (χ0n) is 11.1. The van der Waals surface area contributed by atoms with Crippen molar-refractivity contribution in [2.24, 2.45) is 0 Å². The lowest BCUT2D eigenvalue weighted by atomic mass is 9.99. The van der Waals surface area contributed by atoms with E-state index >= 15 is 0 Å². The maximum Gasteiger partial charge on any atom is 0.0993 e. The highest BCUT2D eigenvalue weighted by Crippen LogP contribution is 2.20. The lowest BCUT2D eigenvalue weighted by molar-refractivity contribution is -0.00443. The molecule has 0 unspecified atom stereocenters. The highest BCUT2D eigenvalue weighted by Gasteiger charge is 2.43. The van der Waals surface area contributed by atoms with E-state index in [4.69, 9.17) is 5.11 Å². The summed E-state index contributed by atoms with van der Waals surface area (Å²) in [6.07, 6.45) is 3.51. The van der Waals surface area contributed by atoms with Crippen LogP contribution in [0.1, 0.15) is 45.4 Å². The fourth-order valence-corrected chi connectivity index (χ4v) is 2.53. The summed E-state index contributed by atoms with van der Waals surface area (Å²) in [7, 11) is 0. The van der Waals surface area contributed by atoms with Crippen molar-refractivity contribution in [1.29, 1.82) is 0 Å². The molecule has 1 aliphatic heterocycles. The number of hydrogen-bond acceptors (Lipinski definition) is 5. The van der Waals surface area contributed by atoms with E-state index in [0.717, 1.165) is 12.8 Å². The minimum atomic E-state index is -1.01. The summed E-state index contributed by atoms with van der Waals surface area (Å²) in [5, 5.41) is 41.3. The molecule has 0 aromatic carbocycles. The second kappa shape index (κ2) is 8.07. The molecule has 5 heteroatoms. The molecule has 0 spiro atoms. The van der Waals surface area contributed by atoms with Gasteiger partial charge in [-0.2, -0.15) is 0 Å². The molecule has 18 heavy (non-hydrogen) atoms. The number of nitrogens with one attached hydrogen (secondary N) is 1. The van der Waals surface area contributed by atoms with Gasteiger partial charge in [-0.3, -0.25) is 0 Å². The minimum Gasteiger partial charge on any atom is -0.395 e. The smallest absolute Gasteiger partial charge is 0.0993 e. The van der Waals surface area contributed by atoms with Crippen LogP contribution in [0.4, 0.5) is 0 Å². The van der Waals surface area contributed by atoms with Gasteiger partial charge in [0.15, 0.2) is 0 Å². The number of rotatable bonds is 8. The van der Waals surface area contributed by atoms with Gasteiger partial charge in [-0.25, -0.2) is 0 Å². The zero-order valence-corrected chi connectivity index (χ0v) is 11.1. The van der Waals surface area contributed by atoms with Crippen LogP contribution in [0, 0.1) is 0 Å². The fraction of sp³-hybridized carbons (Fsp3) is 1.00. The fourth-order valence-electron chi connectivity index (χ4n) is 2.53. The van der Waals surface area contributed by atoms with Gasteiger partial charge in [-0.15, -0.1) is 0 Å². The quantitative estimate of drug-likeness (QED) is 0.389. The van der Waals surface area contributed by atoms with Crippen molar-refractivity contribution in [1.82, 2.24) is 5.32 Å². The first-order valence-corrected chi connectivity index (χ1v) is 7.03. The van der Waals surface area contributed by atoms with Crippen molar-refractivity contribution in [3.05, 3.63) is 0 Å². The summed E-state index contributed by atoms with van der Waals surface area (Å²) in [6, 6.07) is -1.08. The number of hydrogen-bond donors (Lipinski definition) is 5. The van der Waals surface area contributed by atoms with Crippen LogP contribution in [-0.2, 0) is 0 Å². The molecule has 1 aliphatic rings. The topological polar surface area (TPSA) is 93.0 Å². The van der Waals surface area contributed by atoms with Crippen molar-refractivity contribution in [2.75, 3.05) is 6.61 Å². The van der Waals surface area contributed by atoms with Crippen LogP contribution in [0.2, 0.25) is 0 Å². The highest BCUT2D eigenvalue weighted by molar-refractivity contribution is 5.00. The molecule has 5 atom stereocenters. The summed E-state index contributed by atoms with van der Waals surface area (Å²) >= 11 is 0. The predicted octanol–water partition coefficient (Wildman–Crippen LogP) is -0.238. The van der Waals surface area contributed by atoms with Gasteiger partial charge in [0.25, 0.3) is 0 Å². The van der Waals surface area contributed by atoms with E-state index in [2.05, 4.69) is 12.2 Å². The predicted molar refractivity (Wildman–Crippen MR) is 69.2 cm³/mol. The zero-order chi connectivity index (χ0) is 13.5. The Morgan fingerprint density at radius 2 is 1.72 bits per heavy atom. The van der Waals surface area contributed by atoms with Crippen LogP contribution in [0.3, 0.4) is 0 Å². The second-order valence-corrected chi connectivity index (χ2v) is 5.23. The van der Waals surface area contributed by atoms with Crippen molar-refractivity contribution < 1.29 is 20.4 Å². The number of aliphatic hydroxyl groups excluding tert-OH is 4. The van der Waals surface area contributed by atoms with E-state index in [1.807, 2.05) is 0 Å².